The Bertz CT molecular complexity index is 953. The third kappa shape index (κ3) is 3.96. The lowest BCUT2D eigenvalue weighted by Gasteiger charge is -2.23. The van der Waals surface area contributed by atoms with Crippen LogP contribution in [0.25, 0.3) is 10.1 Å². The maximum atomic E-state index is 12.2. The zero-order chi connectivity index (χ0) is 18.2. The molecule has 0 saturated carbocycles. The van der Waals surface area contributed by atoms with Crippen molar-refractivity contribution in [2.75, 3.05) is 18.1 Å². The molecular weight excluding hydrogens is 386 g/mol. The van der Waals surface area contributed by atoms with Crippen LogP contribution in [0, 0.1) is 0 Å². The fourth-order valence-corrected chi connectivity index (χ4v) is 6.32. The molecule has 6 nitrogen and oxygen atoms in total. The SMILES string of the molecule is C[C@]1(NC(=O)COC(=O)c2sc3ccccc3c2Cl)CCS(=O)(=O)C1. The smallest absolute Gasteiger partial charge is 0.350 e. The summed E-state index contributed by atoms with van der Waals surface area (Å²) in [7, 11) is -3.13. The molecule has 1 aromatic carbocycles. The van der Waals surface area contributed by atoms with E-state index in [0.29, 0.717) is 11.4 Å². The van der Waals surface area contributed by atoms with E-state index >= 15 is 0 Å². The molecule has 2 heterocycles. The number of thiophene rings is 1. The number of hydrogen-bond acceptors (Lipinski definition) is 6. The summed E-state index contributed by atoms with van der Waals surface area (Å²) in [5.41, 5.74) is -0.822. The molecule has 1 aliphatic rings. The van der Waals surface area contributed by atoms with Crippen molar-refractivity contribution in [3.8, 4) is 0 Å². The van der Waals surface area contributed by atoms with Crippen LogP contribution in [-0.4, -0.2) is 43.9 Å². The van der Waals surface area contributed by atoms with Gasteiger partial charge in [-0.25, -0.2) is 13.2 Å². The number of fused-ring (bicyclic) bond motifs is 1. The second kappa shape index (κ2) is 6.59. The highest BCUT2D eigenvalue weighted by Gasteiger charge is 2.39. The molecule has 1 fully saturated rings. The molecule has 1 aromatic heterocycles. The van der Waals surface area contributed by atoms with E-state index in [9.17, 15) is 18.0 Å². The van der Waals surface area contributed by atoms with Crippen molar-refractivity contribution in [2.24, 2.45) is 0 Å². The first-order chi connectivity index (χ1) is 11.7. The molecular formula is C16H16ClNO5S2. The van der Waals surface area contributed by atoms with Crippen LogP contribution in [0.5, 0.6) is 0 Å². The van der Waals surface area contributed by atoms with Crippen LogP contribution in [0.2, 0.25) is 5.02 Å². The summed E-state index contributed by atoms with van der Waals surface area (Å²) in [5, 5.41) is 3.70. The largest absolute Gasteiger partial charge is 0.451 e. The van der Waals surface area contributed by atoms with Gasteiger partial charge in [0.05, 0.1) is 22.1 Å². The third-order valence-electron chi connectivity index (χ3n) is 4.00. The van der Waals surface area contributed by atoms with Crippen LogP contribution in [0.4, 0.5) is 0 Å². The van der Waals surface area contributed by atoms with Gasteiger partial charge in [-0.3, -0.25) is 4.79 Å². The van der Waals surface area contributed by atoms with E-state index in [1.807, 2.05) is 18.2 Å². The molecule has 9 heteroatoms. The summed E-state index contributed by atoms with van der Waals surface area (Å²) in [6, 6.07) is 7.31. The topological polar surface area (TPSA) is 89.5 Å². The molecule has 2 aromatic rings. The standard InChI is InChI=1S/C16H16ClNO5S2/c1-16(6-7-25(21,22)9-16)18-12(19)8-23-15(20)14-13(17)10-4-2-3-5-11(10)24-14/h2-5H,6-9H2,1H3,(H,18,19)/t16-/m0/s1. The van der Waals surface area contributed by atoms with E-state index in [1.165, 1.54) is 11.3 Å². The zero-order valence-electron chi connectivity index (χ0n) is 13.4. The molecule has 1 atom stereocenters. The summed E-state index contributed by atoms with van der Waals surface area (Å²) < 4.78 is 29.0. The molecule has 1 N–H and O–H groups in total. The summed E-state index contributed by atoms with van der Waals surface area (Å²) in [4.78, 5) is 24.4. The van der Waals surface area contributed by atoms with E-state index in [4.69, 9.17) is 16.3 Å². The number of benzene rings is 1. The number of nitrogens with one attached hydrogen (secondary N) is 1. The highest BCUT2D eigenvalue weighted by molar-refractivity contribution is 7.91. The normalized spacial score (nSPS) is 22.0. The second-order valence-electron chi connectivity index (χ2n) is 6.27. The van der Waals surface area contributed by atoms with Crippen molar-refractivity contribution in [3.63, 3.8) is 0 Å². The Morgan fingerprint density at radius 2 is 2.08 bits per heavy atom. The fourth-order valence-electron chi connectivity index (χ4n) is 2.82. The Morgan fingerprint density at radius 1 is 1.36 bits per heavy atom. The number of carbonyl (C=O) groups is 2. The van der Waals surface area contributed by atoms with Gasteiger partial charge in [0.1, 0.15) is 4.88 Å². The van der Waals surface area contributed by atoms with Crippen LogP contribution in [-0.2, 0) is 19.4 Å². The van der Waals surface area contributed by atoms with E-state index < -0.39 is 33.9 Å². The average molecular weight is 402 g/mol. The summed E-state index contributed by atoms with van der Waals surface area (Å²) in [6.07, 6.45) is 0.344. The highest BCUT2D eigenvalue weighted by atomic mass is 35.5. The van der Waals surface area contributed by atoms with E-state index in [2.05, 4.69) is 5.32 Å². The van der Waals surface area contributed by atoms with Crippen molar-refractivity contribution >= 4 is 54.7 Å². The molecule has 0 spiro atoms. The first-order valence-electron chi connectivity index (χ1n) is 7.55. The van der Waals surface area contributed by atoms with Gasteiger partial charge in [0.2, 0.25) is 0 Å². The van der Waals surface area contributed by atoms with E-state index in [0.717, 1.165) is 10.1 Å². The number of sulfone groups is 1. The predicted molar refractivity (Wildman–Crippen MR) is 96.9 cm³/mol. The Balaban J connectivity index is 1.62. The zero-order valence-corrected chi connectivity index (χ0v) is 15.8. The number of halogens is 1. The summed E-state index contributed by atoms with van der Waals surface area (Å²) in [6.45, 7) is 1.18. The Morgan fingerprint density at radius 3 is 2.72 bits per heavy atom. The fraction of sp³-hybridized carbons (Fsp3) is 0.375. The molecule has 1 aliphatic heterocycles. The molecule has 25 heavy (non-hydrogen) atoms. The average Bonchev–Trinajstić information content (AvgIpc) is 3.02. The van der Waals surface area contributed by atoms with Crippen molar-refractivity contribution in [2.45, 2.75) is 18.9 Å². The molecule has 0 unspecified atom stereocenters. The number of ether oxygens (including phenoxy) is 1. The van der Waals surface area contributed by atoms with Gasteiger partial charge in [-0.1, -0.05) is 29.8 Å². The van der Waals surface area contributed by atoms with Crippen molar-refractivity contribution in [1.29, 1.82) is 0 Å². The van der Waals surface area contributed by atoms with Gasteiger partial charge in [0, 0.05) is 10.1 Å². The lowest BCUT2D eigenvalue weighted by atomic mass is 10.0. The molecule has 1 amide bonds. The minimum atomic E-state index is -3.13. The first-order valence-corrected chi connectivity index (χ1v) is 10.6. The monoisotopic (exact) mass is 401 g/mol. The van der Waals surface area contributed by atoms with Gasteiger partial charge in [-0.2, -0.15) is 0 Å². The van der Waals surface area contributed by atoms with Crippen LogP contribution < -0.4 is 5.32 Å². The first kappa shape index (κ1) is 18.2. The van der Waals surface area contributed by atoms with Crippen molar-refractivity contribution in [3.05, 3.63) is 34.2 Å². The Kier molecular flexibility index (Phi) is 4.78. The van der Waals surface area contributed by atoms with Gasteiger partial charge >= 0.3 is 5.97 Å². The van der Waals surface area contributed by atoms with Crippen LogP contribution in [0.3, 0.4) is 0 Å². The van der Waals surface area contributed by atoms with Gasteiger partial charge < -0.3 is 10.1 Å². The number of esters is 1. The molecule has 134 valence electrons. The molecule has 0 aliphatic carbocycles. The van der Waals surface area contributed by atoms with Gasteiger partial charge in [-0.05, 0) is 19.4 Å². The molecule has 1 saturated heterocycles. The van der Waals surface area contributed by atoms with Crippen molar-refractivity contribution < 1.29 is 22.7 Å². The molecule has 0 bridgehead atoms. The lowest BCUT2D eigenvalue weighted by Crippen LogP contribution is -2.48. The minimum absolute atomic E-state index is 0.0426. The number of rotatable bonds is 4. The van der Waals surface area contributed by atoms with Gasteiger partial charge in [-0.15, -0.1) is 11.3 Å². The van der Waals surface area contributed by atoms with Crippen LogP contribution in [0.1, 0.15) is 23.0 Å². The van der Waals surface area contributed by atoms with Crippen LogP contribution in [0.15, 0.2) is 24.3 Å². The van der Waals surface area contributed by atoms with E-state index in [-0.39, 0.29) is 16.4 Å². The summed E-state index contributed by atoms with van der Waals surface area (Å²) >= 11 is 7.40. The lowest BCUT2D eigenvalue weighted by molar-refractivity contribution is -0.125. The maximum absolute atomic E-state index is 12.2. The quantitative estimate of drug-likeness (QED) is 0.794. The number of amides is 1. The number of hydrogen-bond donors (Lipinski definition) is 1. The van der Waals surface area contributed by atoms with E-state index in [1.54, 1.807) is 13.0 Å². The Hall–Kier alpha value is -1.64. The molecule has 3 rings (SSSR count). The minimum Gasteiger partial charge on any atom is -0.451 e. The van der Waals surface area contributed by atoms with Crippen molar-refractivity contribution in [1.82, 2.24) is 5.32 Å². The highest BCUT2D eigenvalue weighted by Crippen LogP contribution is 2.35. The Labute approximate surface area is 154 Å². The summed E-state index contributed by atoms with van der Waals surface area (Å²) in [5.74, 6) is -1.28. The maximum Gasteiger partial charge on any atom is 0.350 e. The number of carbonyl (C=O) groups excluding carboxylic acids is 2. The predicted octanol–water partition coefficient (Wildman–Crippen LogP) is 2.40. The van der Waals surface area contributed by atoms with Crippen LogP contribution >= 0.6 is 22.9 Å². The van der Waals surface area contributed by atoms with Gasteiger partial charge in [0.25, 0.3) is 5.91 Å². The second-order valence-corrected chi connectivity index (χ2v) is 9.88. The molecule has 0 radical (unpaired) electrons. The van der Waals surface area contributed by atoms with Gasteiger partial charge in [0.15, 0.2) is 16.4 Å². The third-order valence-corrected chi connectivity index (χ3v) is 7.56.